The zero-order valence-corrected chi connectivity index (χ0v) is 20.0. The Hall–Kier alpha value is -3.97. The minimum atomic E-state index is -0.243. The topological polar surface area (TPSA) is 88.5 Å². The monoisotopic (exact) mass is 458 g/mol. The molecular formula is C27H30N4O3. The van der Waals surface area contributed by atoms with Crippen LogP contribution in [0.5, 0.6) is 0 Å². The lowest BCUT2D eigenvalue weighted by molar-refractivity contribution is -0.107. The first-order valence-corrected chi connectivity index (χ1v) is 11.0. The number of nitrogens with one attached hydrogen (secondary N) is 2. The summed E-state index contributed by atoms with van der Waals surface area (Å²) < 4.78 is 6.12. The van der Waals surface area contributed by atoms with Gasteiger partial charge in [-0.25, -0.2) is 4.98 Å². The summed E-state index contributed by atoms with van der Waals surface area (Å²) in [5.74, 6) is 0. The zero-order chi connectivity index (χ0) is 24.7. The summed E-state index contributed by atoms with van der Waals surface area (Å²) in [5.41, 5.74) is 7.20. The highest BCUT2D eigenvalue weighted by Crippen LogP contribution is 2.25. The summed E-state index contributed by atoms with van der Waals surface area (Å²) in [4.78, 5) is 30.8. The van der Waals surface area contributed by atoms with Crippen LogP contribution in [-0.2, 0) is 16.0 Å². The third-order valence-electron chi connectivity index (χ3n) is 5.41. The Morgan fingerprint density at radius 3 is 2.59 bits per heavy atom. The largest absolute Gasteiger partial charge is 0.388 e. The van der Waals surface area contributed by atoms with Crippen molar-refractivity contribution in [3.63, 3.8) is 0 Å². The lowest BCUT2D eigenvalue weighted by Crippen LogP contribution is -2.11. The molecule has 0 aliphatic carbocycles. The van der Waals surface area contributed by atoms with E-state index in [0.717, 1.165) is 51.1 Å². The maximum atomic E-state index is 12.6. The van der Waals surface area contributed by atoms with Crippen LogP contribution in [0.25, 0.3) is 22.3 Å². The highest BCUT2D eigenvalue weighted by atomic mass is 16.4. The molecule has 34 heavy (non-hydrogen) atoms. The van der Waals surface area contributed by atoms with Gasteiger partial charge in [-0.3, -0.25) is 9.20 Å². The maximum absolute atomic E-state index is 12.6. The lowest BCUT2D eigenvalue weighted by Gasteiger charge is -2.10. The Labute approximate surface area is 198 Å². The SMILES string of the molecule is C=C(/C=C\Nc1cc2c(cc1C)[nH]c(=O)c1nc(CCC=O)c(C)n12)c1ccccc1.COC. The average Bonchev–Trinajstić information content (AvgIpc) is 3.16. The van der Waals surface area contributed by atoms with Crippen LogP contribution in [0.15, 0.2) is 66.1 Å². The van der Waals surface area contributed by atoms with Gasteiger partial charge in [0, 0.05) is 38.2 Å². The summed E-state index contributed by atoms with van der Waals surface area (Å²) in [5, 5.41) is 3.33. The fourth-order valence-electron chi connectivity index (χ4n) is 3.72. The number of benzene rings is 2. The number of rotatable bonds is 7. The van der Waals surface area contributed by atoms with E-state index < -0.39 is 0 Å². The highest BCUT2D eigenvalue weighted by molar-refractivity contribution is 5.84. The van der Waals surface area contributed by atoms with Crippen molar-refractivity contribution in [2.75, 3.05) is 19.5 Å². The summed E-state index contributed by atoms with van der Waals surface area (Å²) >= 11 is 0. The Bertz CT molecular complexity index is 1400. The molecule has 0 aliphatic rings. The number of aromatic nitrogens is 3. The van der Waals surface area contributed by atoms with Crippen molar-refractivity contribution >= 4 is 34.2 Å². The maximum Gasteiger partial charge on any atom is 0.292 e. The lowest BCUT2D eigenvalue weighted by atomic mass is 10.1. The molecule has 0 bridgehead atoms. The molecule has 0 atom stereocenters. The van der Waals surface area contributed by atoms with Gasteiger partial charge < -0.3 is 19.8 Å². The molecule has 4 rings (SSSR count). The molecule has 4 aromatic rings. The number of carbonyl (C=O) groups is 1. The predicted molar refractivity (Wildman–Crippen MR) is 138 cm³/mol. The summed E-state index contributed by atoms with van der Waals surface area (Å²) in [6.07, 6.45) is 5.55. The number of imidazole rings is 1. The molecule has 0 spiro atoms. The van der Waals surface area contributed by atoms with E-state index in [1.807, 2.05) is 73.0 Å². The van der Waals surface area contributed by atoms with Crippen LogP contribution in [0.1, 0.15) is 28.9 Å². The third kappa shape index (κ3) is 5.32. The second kappa shape index (κ2) is 11.2. The van der Waals surface area contributed by atoms with Crippen molar-refractivity contribution in [3.8, 4) is 0 Å². The van der Waals surface area contributed by atoms with Crippen molar-refractivity contribution in [1.29, 1.82) is 0 Å². The van der Waals surface area contributed by atoms with Crippen LogP contribution in [0, 0.1) is 13.8 Å². The Morgan fingerprint density at radius 1 is 1.21 bits per heavy atom. The molecule has 0 amide bonds. The fourth-order valence-corrected chi connectivity index (χ4v) is 3.72. The summed E-state index contributed by atoms with van der Waals surface area (Å²) in [6, 6.07) is 13.9. The van der Waals surface area contributed by atoms with Gasteiger partial charge in [-0.1, -0.05) is 36.9 Å². The predicted octanol–water partition coefficient (Wildman–Crippen LogP) is 4.83. The van der Waals surface area contributed by atoms with Crippen LogP contribution in [0.4, 0.5) is 5.69 Å². The van der Waals surface area contributed by atoms with E-state index in [1.54, 1.807) is 14.2 Å². The van der Waals surface area contributed by atoms with Crippen molar-refractivity contribution in [1.82, 2.24) is 14.4 Å². The number of anilines is 1. The quantitative estimate of drug-likeness (QED) is 0.306. The van der Waals surface area contributed by atoms with Gasteiger partial charge in [0.2, 0.25) is 5.65 Å². The Balaban J connectivity index is 0.00000103. The van der Waals surface area contributed by atoms with Crippen molar-refractivity contribution in [2.45, 2.75) is 26.7 Å². The van der Waals surface area contributed by atoms with E-state index in [0.29, 0.717) is 18.5 Å². The zero-order valence-electron chi connectivity index (χ0n) is 20.0. The van der Waals surface area contributed by atoms with E-state index >= 15 is 0 Å². The number of ether oxygens (including phenoxy) is 1. The van der Waals surface area contributed by atoms with E-state index in [2.05, 4.69) is 26.6 Å². The first-order valence-electron chi connectivity index (χ1n) is 11.0. The molecular weight excluding hydrogens is 428 g/mol. The molecule has 176 valence electrons. The molecule has 0 radical (unpaired) electrons. The van der Waals surface area contributed by atoms with E-state index in [4.69, 9.17) is 0 Å². The number of aromatic amines is 1. The highest BCUT2D eigenvalue weighted by Gasteiger charge is 2.15. The molecule has 0 aliphatic heterocycles. The number of aryl methyl sites for hydroxylation is 3. The first-order chi connectivity index (χ1) is 16.4. The van der Waals surface area contributed by atoms with Gasteiger partial charge in [0.25, 0.3) is 5.56 Å². The minimum absolute atomic E-state index is 0.243. The van der Waals surface area contributed by atoms with Crippen LogP contribution >= 0.6 is 0 Å². The molecule has 2 aromatic carbocycles. The molecule has 2 aromatic heterocycles. The number of H-pyrrole nitrogens is 1. The van der Waals surface area contributed by atoms with Crippen LogP contribution in [0.3, 0.4) is 0 Å². The van der Waals surface area contributed by atoms with Gasteiger partial charge in [0.05, 0.1) is 16.7 Å². The molecule has 7 heteroatoms. The average molecular weight is 459 g/mol. The van der Waals surface area contributed by atoms with Crippen LogP contribution in [-0.4, -0.2) is 34.9 Å². The number of hydrogen-bond donors (Lipinski definition) is 2. The number of methoxy groups -OCH3 is 1. The fraction of sp³-hybridized carbons (Fsp3) is 0.222. The smallest absolute Gasteiger partial charge is 0.292 e. The second-order valence-electron chi connectivity index (χ2n) is 7.92. The molecule has 0 fully saturated rings. The number of nitrogens with zero attached hydrogens (tertiary/aromatic N) is 2. The van der Waals surface area contributed by atoms with Crippen molar-refractivity contribution in [3.05, 3.63) is 94.2 Å². The number of fused-ring (bicyclic) bond motifs is 3. The number of allylic oxidation sites excluding steroid dienone is 2. The first kappa shape index (κ1) is 24.7. The molecule has 0 saturated heterocycles. The molecule has 7 nitrogen and oxygen atoms in total. The van der Waals surface area contributed by atoms with Crippen molar-refractivity contribution < 1.29 is 9.53 Å². The number of hydrogen-bond acceptors (Lipinski definition) is 5. The molecule has 0 saturated carbocycles. The normalized spacial score (nSPS) is 10.9. The third-order valence-corrected chi connectivity index (χ3v) is 5.41. The van der Waals surface area contributed by atoms with E-state index in [-0.39, 0.29) is 5.56 Å². The second-order valence-corrected chi connectivity index (χ2v) is 7.92. The van der Waals surface area contributed by atoms with Crippen LogP contribution < -0.4 is 10.9 Å². The number of carbonyl (C=O) groups excluding carboxylic acids is 1. The van der Waals surface area contributed by atoms with Crippen molar-refractivity contribution in [2.24, 2.45) is 0 Å². The van der Waals surface area contributed by atoms with Gasteiger partial charge in [-0.15, -0.1) is 0 Å². The summed E-state index contributed by atoms with van der Waals surface area (Å²) in [6.45, 7) is 8.03. The molecule has 2 N–H and O–H groups in total. The van der Waals surface area contributed by atoms with Gasteiger partial charge in [-0.05, 0) is 55.2 Å². The van der Waals surface area contributed by atoms with Crippen LogP contribution in [0.2, 0.25) is 0 Å². The van der Waals surface area contributed by atoms with E-state index in [1.165, 1.54) is 0 Å². The van der Waals surface area contributed by atoms with Gasteiger partial charge in [0.15, 0.2) is 0 Å². The van der Waals surface area contributed by atoms with E-state index in [9.17, 15) is 9.59 Å². The Kier molecular flexibility index (Phi) is 8.16. The molecule has 2 heterocycles. The van der Waals surface area contributed by atoms with Gasteiger partial charge >= 0.3 is 0 Å². The summed E-state index contributed by atoms with van der Waals surface area (Å²) in [7, 11) is 3.25. The minimum Gasteiger partial charge on any atom is -0.388 e. The molecule has 0 unspecified atom stereocenters. The van der Waals surface area contributed by atoms with Gasteiger partial charge in [-0.2, -0.15) is 0 Å². The van der Waals surface area contributed by atoms with Gasteiger partial charge in [0.1, 0.15) is 6.29 Å². The number of aldehydes is 1. The Morgan fingerprint density at radius 2 is 1.91 bits per heavy atom. The standard InChI is InChI=1S/C25H24N4O2.C2H6O/c1-16(19-8-5-4-6-9-19)11-12-26-21-15-23-22(14-17(21)2)28-25(31)24-27-20(10-7-13-30)18(3)29(23)24;1-3-2/h4-6,8-9,11-15,26H,1,7,10H2,2-3H3,(H,28,31);1-2H3/b12-11-;.